The lowest BCUT2D eigenvalue weighted by atomic mass is 10.00. The maximum Gasteiger partial charge on any atom is 0.249 e. The molecule has 0 aromatic carbocycles. The number of allylic oxidation sites excluding steroid dienone is 2. The number of carbonyl (C=O) groups excluding carboxylic acids is 1. The van der Waals surface area contributed by atoms with Gasteiger partial charge in [-0.15, -0.1) is 0 Å². The van der Waals surface area contributed by atoms with Crippen molar-refractivity contribution in [3.63, 3.8) is 0 Å². The van der Waals surface area contributed by atoms with Crippen LogP contribution < -0.4 is 5.32 Å². The van der Waals surface area contributed by atoms with Crippen LogP contribution in [-0.2, 0) is 4.79 Å². The van der Waals surface area contributed by atoms with Crippen LogP contribution in [0.4, 0.5) is 0 Å². The molecule has 0 fully saturated rings. The first-order chi connectivity index (χ1) is 17.5. The second-order valence-corrected chi connectivity index (χ2v) is 10.4. The lowest BCUT2D eigenvalue weighted by molar-refractivity contribution is -0.132. The lowest BCUT2D eigenvalue weighted by Crippen LogP contribution is -2.53. The Balaban J connectivity index is 3.75. The van der Waals surface area contributed by atoms with Crippen LogP contribution in [-0.4, -0.2) is 57.3 Å². The molecule has 0 rings (SSSR count). The highest BCUT2D eigenvalue weighted by molar-refractivity contribution is 5.80. The number of carbonyl (C=O) groups is 1. The van der Waals surface area contributed by atoms with E-state index >= 15 is 0 Å². The van der Waals surface area contributed by atoms with Crippen molar-refractivity contribution < 1.29 is 25.2 Å². The van der Waals surface area contributed by atoms with Crippen molar-refractivity contribution in [2.75, 3.05) is 6.61 Å². The van der Waals surface area contributed by atoms with Crippen molar-refractivity contribution in [2.24, 2.45) is 0 Å². The van der Waals surface area contributed by atoms with Crippen molar-refractivity contribution in [2.45, 2.75) is 167 Å². The third-order valence-corrected chi connectivity index (χ3v) is 6.98. The van der Waals surface area contributed by atoms with Gasteiger partial charge in [0.1, 0.15) is 12.2 Å². The van der Waals surface area contributed by atoms with Crippen LogP contribution in [0.15, 0.2) is 12.2 Å². The Kier molecular flexibility index (Phi) is 25.0. The average Bonchev–Trinajstić information content (AvgIpc) is 2.88. The molecule has 1 amide bonds. The lowest BCUT2D eigenvalue weighted by Gasteiger charge is -2.27. The van der Waals surface area contributed by atoms with Crippen LogP contribution in [0, 0.1) is 0 Å². The van der Waals surface area contributed by atoms with Crippen molar-refractivity contribution in [3.05, 3.63) is 12.2 Å². The number of unbranched alkanes of at least 4 members (excludes halogenated alkanes) is 15. The monoisotopic (exact) mass is 513 g/mol. The van der Waals surface area contributed by atoms with E-state index in [1.807, 2.05) is 0 Å². The van der Waals surface area contributed by atoms with E-state index in [2.05, 4.69) is 31.3 Å². The summed E-state index contributed by atoms with van der Waals surface area (Å²) in [6.07, 6.45) is 23.1. The Bertz CT molecular complexity index is 514. The van der Waals surface area contributed by atoms with E-state index in [-0.39, 0.29) is 0 Å². The molecule has 214 valence electrons. The van der Waals surface area contributed by atoms with E-state index in [4.69, 9.17) is 0 Å². The normalized spacial score (nSPS) is 15.2. The third-order valence-electron chi connectivity index (χ3n) is 6.98. The minimum absolute atomic E-state index is 0.355. The van der Waals surface area contributed by atoms with Crippen LogP contribution in [0.3, 0.4) is 0 Å². The molecule has 0 aliphatic rings. The molecule has 5 N–H and O–H groups in total. The number of aliphatic hydroxyl groups is 4. The highest BCUT2D eigenvalue weighted by atomic mass is 16.3. The second kappa shape index (κ2) is 25.7. The summed E-state index contributed by atoms with van der Waals surface area (Å²) in [5, 5.41) is 42.4. The highest BCUT2D eigenvalue weighted by Crippen LogP contribution is 2.13. The maximum atomic E-state index is 12.2. The number of hydrogen-bond acceptors (Lipinski definition) is 5. The zero-order chi connectivity index (χ0) is 26.9. The Morgan fingerprint density at radius 1 is 0.667 bits per heavy atom. The summed E-state index contributed by atoms with van der Waals surface area (Å²) in [6.45, 7) is 3.83. The predicted molar refractivity (Wildman–Crippen MR) is 150 cm³/mol. The molecule has 0 radical (unpaired) electrons. The molecule has 0 bridgehead atoms. The highest BCUT2D eigenvalue weighted by Gasteiger charge is 2.28. The number of aliphatic hydroxyl groups excluding tert-OH is 4. The molecule has 0 saturated carbocycles. The van der Waals surface area contributed by atoms with Crippen LogP contribution in [0.1, 0.15) is 142 Å². The largest absolute Gasteiger partial charge is 0.394 e. The molecule has 6 nitrogen and oxygen atoms in total. The van der Waals surface area contributed by atoms with Crippen LogP contribution >= 0.6 is 0 Å². The first-order valence-electron chi connectivity index (χ1n) is 15.1. The first kappa shape index (κ1) is 35.0. The second-order valence-electron chi connectivity index (χ2n) is 10.4. The standard InChI is InChI=1S/C30H59NO5/c1-3-5-7-8-9-10-11-12-13-14-15-16-17-18-19-20-22-24-28(34)30(36)31-26(25-32)29(35)27(33)23-21-6-4-2/h15-16,26-29,32-35H,3-14,17-25H2,1-2H3,(H,31,36)/b16-15-. The van der Waals surface area contributed by atoms with Gasteiger partial charge in [-0.1, -0.05) is 116 Å². The van der Waals surface area contributed by atoms with E-state index in [1.54, 1.807) is 0 Å². The molecular formula is C30H59NO5. The molecule has 0 spiro atoms. The minimum Gasteiger partial charge on any atom is -0.394 e. The summed E-state index contributed by atoms with van der Waals surface area (Å²) < 4.78 is 0. The van der Waals surface area contributed by atoms with E-state index < -0.39 is 36.9 Å². The fourth-order valence-corrected chi connectivity index (χ4v) is 4.45. The average molecular weight is 514 g/mol. The zero-order valence-corrected chi connectivity index (χ0v) is 23.5. The van der Waals surface area contributed by atoms with Gasteiger partial charge in [0.15, 0.2) is 0 Å². The van der Waals surface area contributed by atoms with E-state index in [0.717, 1.165) is 51.4 Å². The topological polar surface area (TPSA) is 110 Å². The Hall–Kier alpha value is -0.950. The SMILES string of the molecule is CCCCCCCCCCC/C=C\CCCCCCC(O)C(=O)NC(CO)C(O)C(O)CCCCC. The Morgan fingerprint density at radius 2 is 1.11 bits per heavy atom. The molecule has 6 heteroatoms. The maximum absolute atomic E-state index is 12.2. The van der Waals surface area contributed by atoms with Crippen LogP contribution in [0.25, 0.3) is 0 Å². The zero-order valence-electron chi connectivity index (χ0n) is 23.5. The first-order valence-corrected chi connectivity index (χ1v) is 15.1. The van der Waals surface area contributed by atoms with E-state index in [9.17, 15) is 25.2 Å². The fraction of sp³-hybridized carbons (Fsp3) is 0.900. The number of rotatable bonds is 26. The summed E-state index contributed by atoms with van der Waals surface area (Å²) in [4.78, 5) is 12.2. The van der Waals surface area contributed by atoms with Gasteiger partial charge in [0, 0.05) is 0 Å². The van der Waals surface area contributed by atoms with Gasteiger partial charge < -0.3 is 25.7 Å². The van der Waals surface area contributed by atoms with Gasteiger partial charge in [0.2, 0.25) is 5.91 Å². The smallest absolute Gasteiger partial charge is 0.249 e. The molecule has 36 heavy (non-hydrogen) atoms. The molecule has 0 aromatic heterocycles. The van der Waals surface area contributed by atoms with Gasteiger partial charge in [-0.3, -0.25) is 4.79 Å². The van der Waals surface area contributed by atoms with Crippen LogP contribution in [0.5, 0.6) is 0 Å². The fourth-order valence-electron chi connectivity index (χ4n) is 4.45. The van der Waals surface area contributed by atoms with Crippen molar-refractivity contribution >= 4 is 5.91 Å². The Morgan fingerprint density at radius 3 is 1.64 bits per heavy atom. The summed E-state index contributed by atoms with van der Waals surface area (Å²) in [6, 6.07) is -0.980. The van der Waals surface area contributed by atoms with Crippen molar-refractivity contribution in [1.29, 1.82) is 0 Å². The molecule has 0 aliphatic heterocycles. The molecule has 4 atom stereocenters. The van der Waals surface area contributed by atoms with Crippen molar-refractivity contribution in [1.82, 2.24) is 5.32 Å². The Labute approximate surface area is 222 Å². The molecular weight excluding hydrogens is 454 g/mol. The number of nitrogens with one attached hydrogen (secondary N) is 1. The van der Waals surface area contributed by atoms with Gasteiger partial charge in [-0.2, -0.15) is 0 Å². The van der Waals surface area contributed by atoms with Gasteiger partial charge in [0.05, 0.1) is 18.8 Å². The van der Waals surface area contributed by atoms with Gasteiger partial charge >= 0.3 is 0 Å². The number of hydrogen-bond donors (Lipinski definition) is 5. The quantitative estimate of drug-likeness (QED) is 0.0726. The molecule has 4 unspecified atom stereocenters. The van der Waals surface area contributed by atoms with E-state index in [0.29, 0.717) is 12.8 Å². The van der Waals surface area contributed by atoms with Crippen molar-refractivity contribution in [3.8, 4) is 0 Å². The van der Waals surface area contributed by atoms with Gasteiger partial charge in [-0.05, 0) is 38.5 Å². The predicted octanol–water partition coefficient (Wildman–Crippen LogP) is 5.94. The molecule has 0 saturated heterocycles. The summed E-state index contributed by atoms with van der Waals surface area (Å²) in [5.41, 5.74) is 0. The molecule has 0 heterocycles. The van der Waals surface area contributed by atoms with Crippen LogP contribution in [0.2, 0.25) is 0 Å². The molecule has 0 aliphatic carbocycles. The third kappa shape index (κ3) is 20.1. The van der Waals surface area contributed by atoms with Gasteiger partial charge in [-0.25, -0.2) is 0 Å². The molecule has 0 aromatic rings. The number of amides is 1. The van der Waals surface area contributed by atoms with Gasteiger partial charge in [0.25, 0.3) is 0 Å². The minimum atomic E-state index is -1.25. The summed E-state index contributed by atoms with van der Waals surface area (Å²) in [7, 11) is 0. The van der Waals surface area contributed by atoms with E-state index in [1.165, 1.54) is 64.2 Å². The summed E-state index contributed by atoms with van der Waals surface area (Å²) in [5.74, 6) is -0.603. The summed E-state index contributed by atoms with van der Waals surface area (Å²) >= 11 is 0.